The van der Waals surface area contributed by atoms with Gasteiger partial charge in [-0.1, -0.05) is 0 Å². The highest BCUT2D eigenvalue weighted by Gasteiger charge is 2.18. The first-order valence-electron chi connectivity index (χ1n) is 4.34. The Balaban J connectivity index is 3.00. The van der Waals surface area contributed by atoms with Gasteiger partial charge in [0.1, 0.15) is 17.7 Å². The van der Waals surface area contributed by atoms with Gasteiger partial charge in [0.15, 0.2) is 0 Å². The lowest BCUT2D eigenvalue weighted by Gasteiger charge is -2.09. The van der Waals surface area contributed by atoms with Crippen LogP contribution in [0.4, 0.5) is 8.78 Å². The second-order valence-corrected chi connectivity index (χ2v) is 3.36. The lowest BCUT2D eigenvalue weighted by atomic mass is 10.0. The highest BCUT2D eigenvalue weighted by Crippen LogP contribution is 2.16. The highest BCUT2D eigenvalue weighted by molar-refractivity contribution is 5.73. The molecule has 82 valence electrons. The molecule has 0 saturated carbocycles. The summed E-state index contributed by atoms with van der Waals surface area (Å²) in [6, 6.07) is 0.997. The van der Waals surface area contributed by atoms with Crippen molar-refractivity contribution >= 4 is 5.97 Å². The number of benzene rings is 1. The average molecular weight is 215 g/mol. The van der Waals surface area contributed by atoms with Gasteiger partial charge in [-0.2, -0.15) is 0 Å². The smallest absolute Gasteiger partial charge is 0.320 e. The molecular formula is C10H11F2NO2. The third kappa shape index (κ3) is 2.73. The first kappa shape index (κ1) is 11.6. The molecule has 3 nitrogen and oxygen atoms in total. The molecule has 5 heteroatoms. The Morgan fingerprint density at radius 2 is 1.93 bits per heavy atom. The van der Waals surface area contributed by atoms with E-state index in [0.29, 0.717) is 5.56 Å². The summed E-state index contributed by atoms with van der Waals surface area (Å²) < 4.78 is 26.5. The standard InChI is InChI=1S/C10H11F2NO2/c1-5-2-7(11)6(8(12)3-5)4-9(13)10(14)15/h2-3,9H,4,13H2,1H3,(H,14,15). The number of aryl methyl sites for hydroxylation is 1. The monoisotopic (exact) mass is 215 g/mol. The van der Waals surface area contributed by atoms with Crippen molar-refractivity contribution in [3.63, 3.8) is 0 Å². The minimum Gasteiger partial charge on any atom is -0.480 e. The number of carboxylic acid groups (broad SMARTS) is 1. The Kier molecular flexibility index (Phi) is 3.36. The predicted octanol–water partition coefficient (Wildman–Crippen LogP) is 1.23. The molecule has 0 aliphatic heterocycles. The van der Waals surface area contributed by atoms with E-state index >= 15 is 0 Å². The van der Waals surface area contributed by atoms with Crippen LogP contribution in [0.25, 0.3) is 0 Å². The lowest BCUT2D eigenvalue weighted by Crippen LogP contribution is -2.33. The summed E-state index contributed by atoms with van der Waals surface area (Å²) in [7, 11) is 0. The van der Waals surface area contributed by atoms with Gasteiger partial charge in [-0.05, 0) is 24.6 Å². The first-order valence-corrected chi connectivity index (χ1v) is 4.34. The molecule has 0 amide bonds. The Bertz CT molecular complexity index is 370. The number of rotatable bonds is 3. The number of nitrogens with two attached hydrogens (primary N) is 1. The predicted molar refractivity (Wildman–Crippen MR) is 50.4 cm³/mol. The van der Waals surface area contributed by atoms with Crippen molar-refractivity contribution in [3.05, 3.63) is 34.9 Å². The van der Waals surface area contributed by atoms with Crippen molar-refractivity contribution in [1.29, 1.82) is 0 Å². The Morgan fingerprint density at radius 1 is 1.47 bits per heavy atom. The fourth-order valence-corrected chi connectivity index (χ4v) is 1.23. The van der Waals surface area contributed by atoms with Crippen LogP contribution in [0.1, 0.15) is 11.1 Å². The number of halogens is 2. The Labute approximate surface area is 85.5 Å². The summed E-state index contributed by atoms with van der Waals surface area (Å²) in [6.07, 6.45) is -0.354. The molecule has 1 unspecified atom stereocenters. The molecule has 0 bridgehead atoms. The van der Waals surface area contributed by atoms with Gasteiger partial charge in [0.2, 0.25) is 0 Å². The van der Waals surface area contributed by atoms with Gasteiger partial charge >= 0.3 is 5.97 Å². The van der Waals surface area contributed by atoms with Crippen molar-refractivity contribution in [1.82, 2.24) is 0 Å². The molecule has 0 aromatic heterocycles. The van der Waals surface area contributed by atoms with Crippen molar-refractivity contribution in [3.8, 4) is 0 Å². The molecule has 0 heterocycles. The molecule has 3 N–H and O–H groups in total. The SMILES string of the molecule is Cc1cc(F)c(CC(N)C(=O)O)c(F)c1. The van der Waals surface area contributed by atoms with Crippen LogP contribution < -0.4 is 5.73 Å². The third-order valence-corrected chi connectivity index (χ3v) is 2.03. The van der Waals surface area contributed by atoms with E-state index in [4.69, 9.17) is 10.8 Å². The van der Waals surface area contributed by atoms with Gasteiger partial charge in [-0.3, -0.25) is 4.79 Å². The topological polar surface area (TPSA) is 63.3 Å². The van der Waals surface area contributed by atoms with Gasteiger partial charge in [0.25, 0.3) is 0 Å². The highest BCUT2D eigenvalue weighted by atomic mass is 19.1. The zero-order chi connectivity index (χ0) is 11.6. The van der Waals surface area contributed by atoms with Crippen molar-refractivity contribution < 1.29 is 18.7 Å². The van der Waals surface area contributed by atoms with Crippen LogP contribution in [-0.4, -0.2) is 17.1 Å². The quantitative estimate of drug-likeness (QED) is 0.797. The molecule has 1 rings (SSSR count). The second kappa shape index (κ2) is 4.35. The van der Waals surface area contributed by atoms with Gasteiger partial charge in [-0.15, -0.1) is 0 Å². The molecule has 15 heavy (non-hydrogen) atoms. The fourth-order valence-electron chi connectivity index (χ4n) is 1.23. The van der Waals surface area contributed by atoms with Crippen LogP contribution in [0.15, 0.2) is 12.1 Å². The van der Waals surface area contributed by atoms with Crippen LogP contribution in [-0.2, 0) is 11.2 Å². The average Bonchev–Trinajstić information content (AvgIpc) is 2.10. The number of carbonyl (C=O) groups is 1. The number of aliphatic carboxylic acids is 1. The summed E-state index contributed by atoms with van der Waals surface area (Å²) in [5, 5.41) is 8.51. The first-order chi connectivity index (χ1) is 6.91. The van der Waals surface area contributed by atoms with Crippen LogP contribution in [0.3, 0.4) is 0 Å². The maximum absolute atomic E-state index is 13.2. The van der Waals surface area contributed by atoms with E-state index in [9.17, 15) is 13.6 Å². The summed E-state index contributed by atoms with van der Waals surface area (Å²) in [4.78, 5) is 10.4. The van der Waals surface area contributed by atoms with E-state index in [-0.39, 0.29) is 12.0 Å². The van der Waals surface area contributed by atoms with Gasteiger partial charge < -0.3 is 10.8 Å². The summed E-state index contributed by atoms with van der Waals surface area (Å²) in [6.45, 7) is 1.55. The number of hydrogen-bond acceptors (Lipinski definition) is 2. The largest absolute Gasteiger partial charge is 0.480 e. The normalized spacial score (nSPS) is 12.5. The van der Waals surface area contributed by atoms with Crippen LogP contribution in [0, 0.1) is 18.6 Å². The van der Waals surface area contributed by atoms with Crippen LogP contribution in [0.2, 0.25) is 0 Å². The van der Waals surface area contributed by atoms with E-state index in [2.05, 4.69) is 0 Å². The summed E-state index contributed by atoms with van der Waals surface area (Å²) >= 11 is 0. The molecule has 1 aromatic rings. The minimum absolute atomic E-state index is 0.282. The van der Waals surface area contributed by atoms with Crippen molar-refractivity contribution in [2.45, 2.75) is 19.4 Å². The van der Waals surface area contributed by atoms with E-state index in [1.807, 2.05) is 0 Å². The van der Waals surface area contributed by atoms with Gasteiger partial charge in [0, 0.05) is 12.0 Å². The van der Waals surface area contributed by atoms with Crippen molar-refractivity contribution in [2.24, 2.45) is 5.73 Å². The molecule has 0 spiro atoms. The van der Waals surface area contributed by atoms with Gasteiger partial charge in [-0.25, -0.2) is 8.78 Å². The van der Waals surface area contributed by atoms with E-state index in [1.165, 1.54) is 0 Å². The molecular weight excluding hydrogens is 204 g/mol. The second-order valence-electron chi connectivity index (χ2n) is 3.36. The molecule has 0 radical (unpaired) electrons. The summed E-state index contributed by atoms with van der Waals surface area (Å²) in [5.74, 6) is -2.80. The molecule has 0 fully saturated rings. The molecule has 1 aromatic carbocycles. The maximum atomic E-state index is 13.2. The molecule has 0 aliphatic carbocycles. The Morgan fingerprint density at radius 3 is 2.33 bits per heavy atom. The zero-order valence-corrected chi connectivity index (χ0v) is 8.13. The minimum atomic E-state index is -1.29. The van der Waals surface area contributed by atoms with E-state index in [1.54, 1.807) is 6.92 Å². The third-order valence-electron chi connectivity index (χ3n) is 2.03. The maximum Gasteiger partial charge on any atom is 0.320 e. The van der Waals surface area contributed by atoms with Crippen molar-refractivity contribution in [2.75, 3.05) is 0 Å². The summed E-state index contributed by atoms with van der Waals surface area (Å²) in [5.41, 5.74) is 5.35. The lowest BCUT2D eigenvalue weighted by molar-refractivity contribution is -0.138. The fraction of sp³-hybridized carbons (Fsp3) is 0.300. The van der Waals surface area contributed by atoms with Gasteiger partial charge in [0.05, 0.1) is 0 Å². The Hall–Kier alpha value is -1.49. The zero-order valence-electron chi connectivity index (χ0n) is 8.13. The van der Waals surface area contributed by atoms with Crippen LogP contribution in [0.5, 0.6) is 0 Å². The molecule has 1 atom stereocenters. The van der Waals surface area contributed by atoms with E-state index in [0.717, 1.165) is 12.1 Å². The number of hydrogen-bond donors (Lipinski definition) is 2. The molecule has 0 aliphatic rings. The molecule has 0 saturated heterocycles. The van der Waals surface area contributed by atoms with E-state index < -0.39 is 23.6 Å². The number of carboxylic acids is 1. The van der Waals surface area contributed by atoms with Crippen LogP contribution >= 0.6 is 0 Å².